The third-order valence-corrected chi connectivity index (χ3v) is 4.30. The number of pyridine rings is 1. The quantitative estimate of drug-likeness (QED) is 0.578. The smallest absolute Gasteiger partial charge is 0.345 e. The van der Waals surface area contributed by atoms with E-state index in [-0.39, 0.29) is 28.9 Å². The van der Waals surface area contributed by atoms with E-state index in [1.54, 1.807) is 18.2 Å². The number of hydrogen-bond acceptors (Lipinski definition) is 3. The van der Waals surface area contributed by atoms with Gasteiger partial charge in [0.15, 0.2) is 11.5 Å². The maximum absolute atomic E-state index is 12.9. The minimum absolute atomic E-state index is 0.0909. The van der Waals surface area contributed by atoms with E-state index in [1.165, 1.54) is 0 Å². The van der Waals surface area contributed by atoms with Crippen molar-refractivity contribution in [2.75, 3.05) is 0 Å². The van der Waals surface area contributed by atoms with Crippen molar-refractivity contribution < 1.29 is 18.0 Å². The largest absolute Gasteiger partial charge is 0.417 e. The van der Waals surface area contributed by atoms with Gasteiger partial charge in [0, 0.05) is 15.3 Å². The number of alkyl halides is 3. The first-order chi connectivity index (χ1) is 11.8. The Balaban J connectivity index is 1.87. The molecule has 2 heterocycles. The van der Waals surface area contributed by atoms with Gasteiger partial charge in [0.2, 0.25) is 0 Å². The fourth-order valence-electron chi connectivity index (χ4n) is 2.17. The Morgan fingerprint density at radius 1 is 1.28 bits per heavy atom. The molecule has 5 nitrogen and oxygen atoms in total. The maximum atomic E-state index is 12.9. The summed E-state index contributed by atoms with van der Waals surface area (Å²) in [5, 5.41) is 10.0. The highest BCUT2D eigenvalue weighted by Gasteiger charge is 2.32. The Labute approximate surface area is 158 Å². The number of amides is 1. The zero-order valence-electron chi connectivity index (χ0n) is 12.3. The molecule has 0 aliphatic carbocycles. The van der Waals surface area contributed by atoms with E-state index < -0.39 is 11.7 Å². The van der Waals surface area contributed by atoms with Crippen molar-refractivity contribution in [2.45, 2.75) is 12.7 Å². The first-order valence-corrected chi connectivity index (χ1v) is 8.35. The number of halogens is 5. The average Bonchev–Trinajstić information content (AvgIpc) is 2.95. The molecule has 2 aromatic heterocycles. The summed E-state index contributed by atoms with van der Waals surface area (Å²) in [6.45, 7) is -0.0941. The predicted octanol–water partition coefficient (Wildman–Crippen LogP) is 3.94. The topological polar surface area (TPSA) is 59.3 Å². The lowest BCUT2D eigenvalue weighted by Crippen LogP contribution is -2.24. The third-order valence-electron chi connectivity index (χ3n) is 3.35. The molecule has 0 aliphatic heterocycles. The zero-order valence-corrected chi connectivity index (χ0v) is 15.2. The van der Waals surface area contributed by atoms with Crippen molar-refractivity contribution in [1.82, 2.24) is 19.9 Å². The average molecular weight is 481 g/mol. The van der Waals surface area contributed by atoms with Gasteiger partial charge in [-0.3, -0.25) is 9.20 Å². The van der Waals surface area contributed by atoms with Crippen LogP contribution in [-0.4, -0.2) is 20.5 Å². The number of nitrogens with zero attached hydrogens (tertiary/aromatic N) is 3. The molecule has 3 rings (SSSR count). The number of nitrogens with one attached hydrogen (secondary N) is 1. The van der Waals surface area contributed by atoms with Crippen LogP contribution in [0.4, 0.5) is 13.2 Å². The van der Waals surface area contributed by atoms with Crippen molar-refractivity contribution in [1.29, 1.82) is 0 Å². The number of fused-ring (bicyclic) bond motifs is 1. The molecule has 1 aromatic carbocycles. The van der Waals surface area contributed by atoms with Crippen LogP contribution in [0.15, 0.2) is 36.5 Å². The van der Waals surface area contributed by atoms with Gasteiger partial charge in [-0.05, 0) is 46.9 Å². The van der Waals surface area contributed by atoms with E-state index in [1.807, 2.05) is 6.07 Å². The number of rotatable bonds is 3. The highest BCUT2D eigenvalue weighted by molar-refractivity contribution is 14.1. The van der Waals surface area contributed by atoms with Crippen LogP contribution in [0.3, 0.4) is 0 Å². The lowest BCUT2D eigenvalue weighted by Gasteiger charge is -2.09. The standard InChI is InChI=1S/C15H9ClF3IN4O/c16-11-5-9(15(17,18)19)7-24-12(22-23-13(11)24)6-21-14(25)8-2-1-3-10(20)4-8/h1-5,7H,6H2,(H,21,25). The minimum Gasteiger partial charge on any atom is -0.345 e. The molecule has 0 spiro atoms. The summed E-state index contributed by atoms with van der Waals surface area (Å²) < 4.78 is 40.8. The highest BCUT2D eigenvalue weighted by Crippen LogP contribution is 2.32. The van der Waals surface area contributed by atoms with Crippen LogP contribution in [0.5, 0.6) is 0 Å². The molecule has 130 valence electrons. The van der Waals surface area contributed by atoms with Crippen molar-refractivity contribution in [2.24, 2.45) is 0 Å². The molecule has 25 heavy (non-hydrogen) atoms. The van der Waals surface area contributed by atoms with E-state index >= 15 is 0 Å². The van der Waals surface area contributed by atoms with Gasteiger partial charge >= 0.3 is 6.18 Å². The number of benzene rings is 1. The fraction of sp³-hybridized carbons (Fsp3) is 0.133. The van der Waals surface area contributed by atoms with E-state index in [2.05, 4.69) is 38.1 Å². The van der Waals surface area contributed by atoms with E-state index in [0.29, 0.717) is 5.56 Å². The van der Waals surface area contributed by atoms with Gasteiger partial charge in [-0.15, -0.1) is 10.2 Å². The van der Waals surface area contributed by atoms with Crippen molar-refractivity contribution in [3.8, 4) is 0 Å². The molecule has 0 saturated carbocycles. The Morgan fingerprint density at radius 2 is 2.04 bits per heavy atom. The van der Waals surface area contributed by atoms with Crippen LogP contribution in [0.25, 0.3) is 5.65 Å². The maximum Gasteiger partial charge on any atom is 0.417 e. The van der Waals surface area contributed by atoms with Gasteiger partial charge in [0.05, 0.1) is 17.1 Å². The zero-order chi connectivity index (χ0) is 18.2. The SMILES string of the molecule is O=C(NCc1nnc2c(Cl)cc(C(F)(F)F)cn12)c1cccc(I)c1. The summed E-state index contributed by atoms with van der Waals surface area (Å²) in [6, 6.07) is 7.69. The molecule has 0 radical (unpaired) electrons. The number of aromatic nitrogens is 3. The molecule has 0 saturated heterocycles. The van der Waals surface area contributed by atoms with Crippen molar-refractivity contribution in [3.05, 3.63) is 62.1 Å². The number of carbonyl (C=O) groups excluding carboxylic acids is 1. The van der Waals surface area contributed by atoms with Gasteiger partial charge in [0.1, 0.15) is 0 Å². The minimum atomic E-state index is -4.55. The van der Waals surface area contributed by atoms with Gasteiger partial charge in [-0.2, -0.15) is 13.2 Å². The van der Waals surface area contributed by atoms with Crippen LogP contribution in [0.2, 0.25) is 5.02 Å². The van der Waals surface area contributed by atoms with Crippen LogP contribution >= 0.6 is 34.2 Å². The first-order valence-electron chi connectivity index (χ1n) is 6.90. The predicted molar refractivity (Wildman–Crippen MR) is 93.3 cm³/mol. The summed E-state index contributed by atoms with van der Waals surface area (Å²) >= 11 is 7.92. The number of carbonyl (C=O) groups is 1. The Bertz CT molecular complexity index is 958. The molecule has 0 fully saturated rings. The Hall–Kier alpha value is -1.88. The molecule has 10 heteroatoms. The van der Waals surface area contributed by atoms with Crippen molar-refractivity contribution >= 4 is 45.7 Å². The fourth-order valence-corrected chi connectivity index (χ4v) is 2.96. The molecule has 3 aromatic rings. The van der Waals surface area contributed by atoms with E-state index in [0.717, 1.165) is 20.2 Å². The van der Waals surface area contributed by atoms with Gasteiger partial charge in [-0.1, -0.05) is 17.7 Å². The summed E-state index contributed by atoms with van der Waals surface area (Å²) in [4.78, 5) is 12.1. The second-order valence-electron chi connectivity index (χ2n) is 5.08. The monoisotopic (exact) mass is 480 g/mol. The first kappa shape index (κ1) is 17.9. The normalized spacial score (nSPS) is 11.7. The molecular weight excluding hydrogens is 472 g/mol. The molecular formula is C15H9ClF3IN4O. The lowest BCUT2D eigenvalue weighted by molar-refractivity contribution is -0.137. The lowest BCUT2D eigenvalue weighted by atomic mass is 10.2. The van der Waals surface area contributed by atoms with E-state index in [9.17, 15) is 18.0 Å². The Kier molecular flexibility index (Phi) is 4.87. The van der Waals surface area contributed by atoms with Crippen LogP contribution < -0.4 is 5.32 Å². The number of hydrogen-bond donors (Lipinski definition) is 1. The molecule has 0 unspecified atom stereocenters. The second-order valence-corrected chi connectivity index (χ2v) is 6.73. The molecule has 0 aliphatic rings. The van der Waals surface area contributed by atoms with Crippen LogP contribution in [-0.2, 0) is 12.7 Å². The second kappa shape index (κ2) is 6.79. The molecule has 1 N–H and O–H groups in total. The molecule has 0 bridgehead atoms. The van der Waals surface area contributed by atoms with Gasteiger partial charge < -0.3 is 5.32 Å². The third kappa shape index (κ3) is 3.87. The summed E-state index contributed by atoms with van der Waals surface area (Å²) in [5.41, 5.74) is -0.391. The summed E-state index contributed by atoms with van der Waals surface area (Å²) in [6.07, 6.45) is -3.70. The molecule has 1 amide bonds. The molecule has 0 atom stereocenters. The van der Waals surface area contributed by atoms with Crippen LogP contribution in [0, 0.1) is 3.57 Å². The highest BCUT2D eigenvalue weighted by atomic mass is 127. The summed E-state index contributed by atoms with van der Waals surface area (Å²) in [7, 11) is 0. The Morgan fingerprint density at radius 3 is 2.72 bits per heavy atom. The van der Waals surface area contributed by atoms with E-state index in [4.69, 9.17) is 11.6 Å². The van der Waals surface area contributed by atoms with Gasteiger partial charge in [-0.25, -0.2) is 0 Å². The van der Waals surface area contributed by atoms with Gasteiger partial charge in [0.25, 0.3) is 5.91 Å². The summed E-state index contributed by atoms with van der Waals surface area (Å²) in [5.74, 6) is -0.227. The van der Waals surface area contributed by atoms with Crippen molar-refractivity contribution in [3.63, 3.8) is 0 Å². The van der Waals surface area contributed by atoms with Crippen LogP contribution in [0.1, 0.15) is 21.7 Å².